The van der Waals surface area contributed by atoms with Gasteiger partial charge in [0, 0.05) is 6.42 Å². The van der Waals surface area contributed by atoms with E-state index in [1.54, 1.807) is 0 Å². The van der Waals surface area contributed by atoms with Crippen LogP contribution in [0.4, 0.5) is 0 Å². The van der Waals surface area contributed by atoms with Crippen molar-refractivity contribution in [3.63, 3.8) is 0 Å². The van der Waals surface area contributed by atoms with E-state index in [2.05, 4.69) is 4.99 Å². The molecule has 0 aromatic rings. The maximum atomic E-state index is 8.72. The van der Waals surface area contributed by atoms with Crippen molar-refractivity contribution in [1.29, 1.82) is 0 Å². The summed E-state index contributed by atoms with van der Waals surface area (Å²) in [4.78, 5) is 3.76. The second-order valence-electron chi connectivity index (χ2n) is 1.67. The van der Waals surface area contributed by atoms with E-state index >= 15 is 0 Å². The van der Waals surface area contributed by atoms with E-state index in [9.17, 15) is 0 Å². The predicted octanol–water partition coefficient (Wildman–Crippen LogP) is 0.144. The summed E-state index contributed by atoms with van der Waals surface area (Å²) in [6, 6.07) is 0. The van der Waals surface area contributed by atoms with Crippen LogP contribution in [-0.4, -0.2) is 23.8 Å². The summed E-state index contributed by atoms with van der Waals surface area (Å²) in [5.74, 6) is 0.664. The van der Waals surface area contributed by atoms with E-state index in [0.29, 0.717) is 12.5 Å². The summed E-state index contributed by atoms with van der Waals surface area (Å²) in [5.41, 5.74) is 0. The Balaban J connectivity index is 2.44. The third kappa shape index (κ3) is 0.980. The molecule has 0 radical (unpaired) electrons. The van der Waals surface area contributed by atoms with Crippen molar-refractivity contribution in [3.8, 4) is 0 Å². The minimum Gasteiger partial charge on any atom is -0.476 e. The molecule has 1 atom stereocenters. The number of rotatable bonds is 1. The number of aliphatic hydroxyl groups excluding tert-OH is 1. The molecule has 0 amide bonds. The molecule has 3 heteroatoms. The minimum absolute atomic E-state index is 0.336. The third-order valence-corrected chi connectivity index (χ3v) is 0.994. The van der Waals surface area contributed by atoms with E-state index in [-0.39, 0.29) is 0 Å². The van der Waals surface area contributed by atoms with Gasteiger partial charge in [0.2, 0.25) is 0 Å². The third-order valence-electron chi connectivity index (χ3n) is 0.994. The van der Waals surface area contributed by atoms with E-state index in [1.807, 2.05) is 6.92 Å². The molecule has 0 aliphatic carbocycles. The van der Waals surface area contributed by atoms with Crippen LogP contribution >= 0.6 is 0 Å². The van der Waals surface area contributed by atoms with Gasteiger partial charge in [-0.1, -0.05) is 6.92 Å². The van der Waals surface area contributed by atoms with Crippen LogP contribution < -0.4 is 0 Å². The first-order chi connectivity index (χ1) is 3.83. The highest BCUT2D eigenvalue weighted by molar-refractivity contribution is 5.77. The molecule has 0 aromatic heterocycles. The van der Waals surface area contributed by atoms with Gasteiger partial charge in [-0.2, -0.15) is 0 Å². The molecule has 0 saturated heterocycles. The van der Waals surface area contributed by atoms with Crippen LogP contribution in [0.2, 0.25) is 0 Å². The Bertz CT molecular complexity index is 111. The van der Waals surface area contributed by atoms with E-state index < -0.39 is 6.23 Å². The van der Waals surface area contributed by atoms with Gasteiger partial charge in [0.25, 0.3) is 0 Å². The lowest BCUT2D eigenvalue weighted by molar-refractivity contribution is 0.138. The fraction of sp³-hybridized carbons (Fsp3) is 0.800. The smallest absolute Gasteiger partial charge is 0.185 e. The quantitative estimate of drug-likeness (QED) is 0.528. The van der Waals surface area contributed by atoms with Gasteiger partial charge < -0.3 is 9.84 Å². The summed E-state index contributed by atoms with van der Waals surface area (Å²) in [5, 5.41) is 8.72. The van der Waals surface area contributed by atoms with Crippen molar-refractivity contribution in [2.75, 3.05) is 6.61 Å². The average molecular weight is 115 g/mol. The van der Waals surface area contributed by atoms with Crippen molar-refractivity contribution in [1.82, 2.24) is 0 Å². The molecule has 1 heterocycles. The average Bonchev–Trinajstić information content (AvgIpc) is 2.14. The lowest BCUT2D eigenvalue weighted by atomic mass is 10.5. The van der Waals surface area contributed by atoms with Crippen LogP contribution in [0.1, 0.15) is 13.3 Å². The van der Waals surface area contributed by atoms with Crippen LogP contribution in [0.5, 0.6) is 0 Å². The second-order valence-corrected chi connectivity index (χ2v) is 1.67. The first kappa shape index (κ1) is 5.56. The number of aliphatic imine (C=N–C) groups is 1. The Kier molecular flexibility index (Phi) is 1.48. The Hall–Kier alpha value is -0.570. The van der Waals surface area contributed by atoms with Crippen molar-refractivity contribution >= 4 is 5.90 Å². The number of nitrogens with zero attached hydrogens (tertiary/aromatic N) is 1. The van der Waals surface area contributed by atoms with Gasteiger partial charge in [-0.05, 0) is 0 Å². The predicted molar refractivity (Wildman–Crippen MR) is 29.7 cm³/mol. The molecular weight excluding hydrogens is 106 g/mol. The van der Waals surface area contributed by atoms with Crippen LogP contribution in [0.15, 0.2) is 4.99 Å². The SMILES string of the molecule is CCC1=NC(O)CO1. The van der Waals surface area contributed by atoms with Gasteiger partial charge in [-0.25, -0.2) is 4.99 Å². The monoisotopic (exact) mass is 115 g/mol. The molecule has 0 saturated carbocycles. The molecule has 0 spiro atoms. The highest BCUT2D eigenvalue weighted by Crippen LogP contribution is 2.02. The van der Waals surface area contributed by atoms with Crippen LogP contribution in [-0.2, 0) is 4.74 Å². The van der Waals surface area contributed by atoms with E-state index in [4.69, 9.17) is 9.84 Å². The Morgan fingerprint density at radius 3 is 3.00 bits per heavy atom. The molecule has 1 aliphatic heterocycles. The maximum Gasteiger partial charge on any atom is 0.185 e. The highest BCUT2D eigenvalue weighted by Gasteiger charge is 2.12. The summed E-state index contributed by atoms with van der Waals surface area (Å²) in [6.45, 7) is 2.28. The molecule has 1 unspecified atom stereocenters. The standard InChI is InChI=1S/C5H9NO2/c1-2-5-6-4(7)3-8-5/h4,7H,2-3H2,1H3. The van der Waals surface area contributed by atoms with Gasteiger partial charge in [0.1, 0.15) is 6.61 Å². The summed E-state index contributed by atoms with van der Waals surface area (Å²) >= 11 is 0. The molecule has 3 nitrogen and oxygen atoms in total. The highest BCUT2D eigenvalue weighted by atomic mass is 16.5. The summed E-state index contributed by atoms with van der Waals surface area (Å²) < 4.78 is 4.91. The summed E-state index contributed by atoms with van der Waals surface area (Å²) in [7, 11) is 0. The molecule has 0 bridgehead atoms. The van der Waals surface area contributed by atoms with Gasteiger partial charge in [0.05, 0.1) is 0 Å². The van der Waals surface area contributed by atoms with Gasteiger partial charge in [-0.15, -0.1) is 0 Å². The molecule has 8 heavy (non-hydrogen) atoms. The van der Waals surface area contributed by atoms with E-state index in [1.165, 1.54) is 0 Å². The van der Waals surface area contributed by atoms with Crippen LogP contribution in [0, 0.1) is 0 Å². The van der Waals surface area contributed by atoms with Crippen molar-refractivity contribution < 1.29 is 9.84 Å². The van der Waals surface area contributed by atoms with Gasteiger partial charge in [-0.3, -0.25) is 0 Å². The fourth-order valence-corrected chi connectivity index (χ4v) is 0.605. The normalized spacial score (nSPS) is 27.2. The van der Waals surface area contributed by atoms with Crippen LogP contribution in [0.25, 0.3) is 0 Å². The van der Waals surface area contributed by atoms with E-state index in [0.717, 1.165) is 6.42 Å². The minimum atomic E-state index is -0.607. The van der Waals surface area contributed by atoms with Crippen molar-refractivity contribution in [2.24, 2.45) is 4.99 Å². The topological polar surface area (TPSA) is 41.8 Å². The zero-order chi connectivity index (χ0) is 5.98. The summed E-state index contributed by atoms with van der Waals surface area (Å²) in [6.07, 6.45) is 0.168. The maximum absolute atomic E-state index is 8.72. The molecule has 0 fully saturated rings. The van der Waals surface area contributed by atoms with Crippen molar-refractivity contribution in [3.05, 3.63) is 0 Å². The molecule has 1 N–H and O–H groups in total. The molecule has 46 valence electrons. The van der Waals surface area contributed by atoms with Crippen LogP contribution in [0.3, 0.4) is 0 Å². The lowest BCUT2D eigenvalue weighted by Crippen LogP contribution is -2.02. The van der Waals surface area contributed by atoms with Crippen molar-refractivity contribution in [2.45, 2.75) is 19.6 Å². The fourth-order valence-electron chi connectivity index (χ4n) is 0.605. The number of aliphatic hydroxyl groups is 1. The molecule has 0 aromatic carbocycles. The Labute approximate surface area is 48.0 Å². The van der Waals surface area contributed by atoms with Gasteiger partial charge >= 0.3 is 0 Å². The number of hydrogen-bond acceptors (Lipinski definition) is 3. The van der Waals surface area contributed by atoms with Gasteiger partial charge in [0.15, 0.2) is 12.1 Å². The first-order valence-electron chi connectivity index (χ1n) is 2.70. The Morgan fingerprint density at radius 1 is 2.00 bits per heavy atom. The second kappa shape index (κ2) is 2.13. The first-order valence-corrected chi connectivity index (χ1v) is 2.70. The number of ether oxygens (including phenoxy) is 1. The molecule has 1 aliphatic rings. The molecular formula is C5H9NO2. The Morgan fingerprint density at radius 2 is 2.75 bits per heavy atom. The lowest BCUT2D eigenvalue weighted by Gasteiger charge is -1.92. The number of hydrogen-bond donors (Lipinski definition) is 1. The largest absolute Gasteiger partial charge is 0.476 e. The zero-order valence-corrected chi connectivity index (χ0v) is 4.79. The zero-order valence-electron chi connectivity index (χ0n) is 4.79. The molecule has 1 rings (SSSR count).